The van der Waals surface area contributed by atoms with Crippen LogP contribution in [0.3, 0.4) is 0 Å². The predicted octanol–water partition coefficient (Wildman–Crippen LogP) is 1.59. The second-order valence-electron chi connectivity index (χ2n) is 4.69. The lowest BCUT2D eigenvalue weighted by Crippen LogP contribution is -2.25. The lowest BCUT2D eigenvalue weighted by molar-refractivity contribution is -0.118. The van der Waals surface area contributed by atoms with Crippen molar-refractivity contribution in [2.24, 2.45) is 0 Å². The first kappa shape index (κ1) is 14.3. The molecule has 0 unspecified atom stereocenters. The lowest BCUT2D eigenvalue weighted by atomic mass is 10.2. The zero-order valence-corrected chi connectivity index (χ0v) is 11.8. The molecule has 20 heavy (non-hydrogen) atoms. The van der Waals surface area contributed by atoms with Gasteiger partial charge in [0.1, 0.15) is 11.5 Å². The molecule has 2 aromatic rings. The monoisotopic (exact) mass is 276 g/mol. The Morgan fingerprint density at radius 2 is 2.25 bits per heavy atom. The van der Waals surface area contributed by atoms with Crippen molar-refractivity contribution in [1.29, 1.82) is 0 Å². The van der Waals surface area contributed by atoms with Crippen molar-refractivity contribution < 1.29 is 9.21 Å². The summed E-state index contributed by atoms with van der Waals surface area (Å²) in [7, 11) is 0. The van der Waals surface area contributed by atoms with Crippen LogP contribution in [0.15, 0.2) is 22.7 Å². The molecule has 0 spiro atoms. The third-order valence-electron chi connectivity index (χ3n) is 2.92. The van der Waals surface area contributed by atoms with Crippen LogP contribution in [-0.4, -0.2) is 29.2 Å². The quantitative estimate of drug-likeness (QED) is 0.671. The third kappa shape index (κ3) is 3.96. The number of rotatable bonds is 7. The van der Waals surface area contributed by atoms with Crippen LogP contribution in [0, 0.1) is 6.92 Å². The normalized spacial score (nSPS) is 10.7. The molecule has 0 fully saturated rings. The minimum absolute atomic E-state index is 0.00955. The number of carbonyl (C=O) groups is 1. The first-order valence-electron chi connectivity index (χ1n) is 6.71. The van der Waals surface area contributed by atoms with Crippen molar-refractivity contribution in [3.63, 3.8) is 0 Å². The van der Waals surface area contributed by atoms with E-state index in [-0.39, 0.29) is 5.91 Å². The number of aromatic amines is 1. The Kier molecular flexibility index (Phi) is 4.95. The van der Waals surface area contributed by atoms with Gasteiger partial charge in [-0.05, 0) is 32.0 Å². The van der Waals surface area contributed by atoms with E-state index in [4.69, 9.17) is 4.42 Å². The molecule has 0 atom stereocenters. The Labute approximate surface area is 117 Å². The van der Waals surface area contributed by atoms with Gasteiger partial charge in [0.25, 0.3) is 0 Å². The molecule has 2 aromatic heterocycles. The van der Waals surface area contributed by atoms with Gasteiger partial charge in [-0.1, -0.05) is 0 Å². The molecule has 0 aliphatic heterocycles. The van der Waals surface area contributed by atoms with E-state index in [0.29, 0.717) is 13.1 Å². The number of carbonyl (C=O) groups excluding carboxylic acids is 1. The molecule has 1 amide bonds. The number of aryl methyl sites for hydroxylation is 1. The van der Waals surface area contributed by atoms with E-state index >= 15 is 0 Å². The Hall–Kier alpha value is -2.08. The number of nitrogens with one attached hydrogen (secondary N) is 3. The van der Waals surface area contributed by atoms with Gasteiger partial charge in [0.05, 0.1) is 6.20 Å². The molecular weight excluding hydrogens is 256 g/mol. The van der Waals surface area contributed by atoms with Gasteiger partial charge in [-0.15, -0.1) is 0 Å². The third-order valence-corrected chi connectivity index (χ3v) is 2.92. The molecule has 0 radical (unpaired) electrons. The van der Waals surface area contributed by atoms with Crippen LogP contribution in [0.2, 0.25) is 0 Å². The van der Waals surface area contributed by atoms with E-state index in [2.05, 4.69) is 20.8 Å². The van der Waals surface area contributed by atoms with Crippen LogP contribution in [-0.2, 0) is 11.3 Å². The van der Waals surface area contributed by atoms with Crippen LogP contribution in [0.5, 0.6) is 0 Å². The first-order chi connectivity index (χ1) is 9.66. The van der Waals surface area contributed by atoms with Crippen LogP contribution in [0.25, 0.3) is 11.5 Å². The van der Waals surface area contributed by atoms with Crippen molar-refractivity contribution in [3.05, 3.63) is 29.7 Å². The summed E-state index contributed by atoms with van der Waals surface area (Å²) in [5.41, 5.74) is 1.98. The number of furan rings is 1. The second-order valence-corrected chi connectivity index (χ2v) is 4.69. The van der Waals surface area contributed by atoms with Crippen LogP contribution in [0.1, 0.15) is 24.7 Å². The van der Waals surface area contributed by atoms with Gasteiger partial charge in [0.2, 0.25) is 5.91 Å². The predicted molar refractivity (Wildman–Crippen MR) is 76.0 cm³/mol. The van der Waals surface area contributed by atoms with E-state index in [1.807, 2.05) is 19.1 Å². The number of nitrogens with zero attached hydrogens (tertiary/aromatic N) is 1. The van der Waals surface area contributed by atoms with E-state index in [9.17, 15) is 4.79 Å². The molecule has 2 heterocycles. The maximum Gasteiger partial charge on any atom is 0.216 e. The molecule has 0 aliphatic carbocycles. The molecule has 3 N–H and O–H groups in total. The van der Waals surface area contributed by atoms with Gasteiger partial charge >= 0.3 is 0 Å². The van der Waals surface area contributed by atoms with E-state index in [1.54, 1.807) is 6.20 Å². The van der Waals surface area contributed by atoms with Crippen molar-refractivity contribution in [1.82, 2.24) is 20.8 Å². The van der Waals surface area contributed by atoms with Crippen molar-refractivity contribution in [2.75, 3.05) is 13.1 Å². The fourth-order valence-electron chi connectivity index (χ4n) is 1.93. The highest BCUT2D eigenvalue weighted by Gasteiger charge is 2.10. The summed E-state index contributed by atoms with van der Waals surface area (Å²) in [4.78, 5) is 10.7. The zero-order valence-electron chi connectivity index (χ0n) is 11.8. The van der Waals surface area contributed by atoms with E-state index in [1.165, 1.54) is 6.92 Å². The van der Waals surface area contributed by atoms with E-state index in [0.717, 1.165) is 35.7 Å². The van der Waals surface area contributed by atoms with Gasteiger partial charge in [-0.2, -0.15) is 5.10 Å². The average molecular weight is 276 g/mol. The summed E-state index contributed by atoms with van der Waals surface area (Å²) in [6.07, 6.45) is 2.70. The highest BCUT2D eigenvalue weighted by molar-refractivity contribution is 5.72. The topological polar surface area (TPSA) is 83.0 Å². The molecule has 0 bridgehead atoms. The maximum atomic E-state index is 10.7. The highest BCUT2D eigenvalue weighted by atomic mass is 16.3. The van der Waals surface area contributed by atoms with Crippen LogP contribution < -0.4 is 10.6 Å². The molecule has 108 valence electrons. The summed E-state index contributed by atoms with van der Waals surface area (Å²) in [6.45, 7) is 5.68. The van der Waals surface area contributed by atoms with Gasteiger partial charge in [-0.3, -0.25) is 9.89 Å². The van der Waals surface area contributed by atoms with Crippen molar-refractivity contribution >= 4 is 5.91 Å². The highest BCUT2D eigenvalue weighted by Crippen LogP contribution is 2.23. The Morgan fingerprint density at radius 1 is 1.40 bits per heavy atom. The molecule has 0 saturated heterocycles. The van der Waals surface area contributed by atoms with Gasteiger partial charge < -0.3 is 15.1 Å². The largest absolute Gasteiger partial charge is 0.460 e. The summed E-state index contributed by atoms with van der Waals surface area (Å²) in [5, 5.41) is 13.1. The standard InChI is InChI=1S/C14H20N4O2/c1-10-4-5-13(20-10)14-12(9-17-18-14)8-15-6-3-7-16-11(2)19/h4-5,9,15H,3,6-8H2,1-2H3,(H,16,19)(H,17,18). The van der Waals surface area contributed by atoms with Crippen molar-refractivity contribution in [3.8, 4) is 11.5 Å². The number of hydrogen-bond donors (Lipinski definition) is 3. The van der Waals surface area contributed by atoms with Gasteiger partial charge in [0.15, 0.2) is 5.76 Å². The van der Waals surface area contributed by atoms with Crippen molar-refractivity contribution in [2.45, 2.75) is 26.8 Å². The number of aromatic nitrogens is 2. The van der Waals surface area contributed by atoms with Gasteiger partial charge in [-0.25, -0.2) is 0 Å². The fraction of sp³-hybridized carbons (Fsp3) is 0.429. The van der Waals surface area contributed by atoms with Gasteiger partial charge in [0, 0.05) is 25.6 Å². The number of amides is 1. The SMILES string of the molecule is CC(=O)NCCCNCc1cn[nH]c1-c1ccc(C)o1. The Balaban J connectivity index is 1.79. The zero-order chi connectivity index (χ0) is 14.4. The summed E-state index contributed by atoms with van der Waals surface area (Å²) < 4.78 is 5.59. The molecule has 0 aliphatic rings. The number of H-pyrrole nitrogens is 1. The molecular formula is C14H20N4O2. The van der Waals surface area contributed by atoms with E-state index < -0.39 is 0 Å². The summed E-state index contributed by atoms with van der Waals surface area (Å²) >= 11 is 0. The molecule has 0 aromatic carbocycles. The number of hydrogen-bond acceptors (Lipinski definition) is 4. The lowest BCUT2D eigenvalue weighted by Gasteiger charge is -2.05. The van der Waals surface area contributed by atoms with Crippen LogP contribution in [0.4, 0.5) is 0 Å². The minimum Gasteiger partial charge on any atom is -0.460 e. The molecule has 0 saturated carbocycles. The smallest absolute Gasteiger partial charge is 0.216 e. The minimum atomic E-state index is 0.00955. The van der Waals surface area contributed by atoms with Crippen LogP contribution >= 0.6 is 0 Å². The molecule has 6 heteroatoms. The summed E-state index contributed by atoms with van der Waals surface area (Å²) in [6, 6.07) is 3.87. The average Bonchev–Trinajstić information content (AvgIpc) is 3.01. The Bertz CT molecular complexity index is 559. The fourth-order valence-corrected chi connectivity index (χ4v) is 1.93. The molecule has 6 nitrogen and oxygen atoms in total. The first-order valence-corrected chi connectivity index (χ1v) is 6.71. The Morgan fingerprint density at radius 3 is 2.95 bits per heavy atom. The maximum absolute atomic E-state index is 10.7. The second kappa shape index (κ2) is 6.91. The molecule has 2 rings (SSSR count). The summed E-state index contributed by atoms with van der Waals surface area (Å²) in [5.74, 6) is 1.69.